The molecule has 2 N–H and O–H groups in total. The van der Waals surface area contributed by atoms with Gasteiger partial charge in [-0.3, -0.25) is 0 Å². The molecule has 0 aromatic heterocycles. The molecule has 0 fully saturated rings. The quantitative estimate of drug-likeness (QED) is 0.609. The van der Waals surface area contributed by atoms with Crippen molar-refractivity contribution in [2.75, 3.05) is 32.0 Å². The predicted octanol–water partition coefficient (Wildman–Crippen LogP) is 1.45. The van der Waals surface area contributed by atoms with Gasteiger partial charge in [-0.25, -0.2) is 12.8 Å². The zero-order valence-corrected chi connectivity index (χ0v) is 11.9. The molecule has 1 rings (SSSR count). The molecule has 7 heteroatoms. The van der Waals surface area contributed by atoms with Gasteiger partial charge in [0.1, 0.15) is 10.7 Å². The lowest BCUT2D eigenvalue weighted by Crippen LogP contribution is -2.34. The van der Waals surface area contributed by atoms with E-state index in [0.717, 1.165) is 12.1 Å². The van der Waals surface area contributed by atoms with Crippen molar-refractivity contribution in [2.45, 2.75) is 18.7 Å². The maximum Gasteiger partial charge on any atom is 0.245 e. The van der Waals surface area contributed by atoms with Crippen LogP contribution in [0, 0.1) is 5.82 Å². The lowest BCUT2D eigenvalue weighted by Gasteiger charge is -2.21. The number of nitrogen functional groups attached to an aromatic ring is 1. The number of nitrogens with zero attached hydrogens (tertiary/aromatic N) is 1. The van der Waals surface area contributed by atoms with Crippen LogP contribution in [-0.4, -0.2) is 39.0 Å². The fourth-order valence-corrected chi connectivity index (χ4v) is 3.18. The second-order valence-corrected chi connectivity index (χ2v) is 5.78. The van der Waals surface area contributed by atoms with Gasteiger partial charge < -0.3 is 10.5 Å². The van der Waals surface area contributed by atoms with Gasteiger partial charge in [-0.05, 0) is 25.1 Å². The third-order valence-electron chi connectivity index (χ3n) is 2.63. The van der Waals surface area contributed by atoms with Crippen LogP contribution in [-0.2, 0) is 14.8 Å². The molecule has 0 aliphatic rings. The number of rotatable bonds is 7. The summed E-state index contributed by atoms with van der Waals surface area (Å²) in [7, 11) is -3.72. The molecule has 0 aliphatic heterocycles. The van der Waals surface area contributed by atoms with Crippen molar-refractivity contribution in [1.29, 1.82) is 0 Å². The van der Waals surface area contributed by atoms with Crippen LogP contribution in [0.1, 0.15) is 13.8 Å². The number of hydrogen-bond donors (Lipinski definition) is 1. The van der Waals surface area contributed by atoms with E-state index in [1.54, 1.807) is 6.92 Å². The predicted molar refractivity (Wildman–Crippen MR) is 71.7 cm³/mol. The highest BCUT2D eigenvalue weighted by Crippen LogP contribution is 2.22. The summed E-state index contributed by atoms with van der Waals surface area (Å²) in [6, 6.07) is 3.27. The van der Waals surface area contributed by atoms with Gasteiger partial charge in [0.15, 0.2) is 0 Å². The van der Waals surface area contributed by atoms with Gasteiger partial charge in [-0.1, -0.05) is 6.92 Å². The Morgan fingerprint density at radius 3 is 2.58 bits per heavy atom. The first kappa shape index (κ1) is 15.9. The SMILES string of the molecule is CCOCCN(CC)S(=O)(=O)c1ccc(F)cc1N. The molecule has 0 heterocycles. The molecule has 0 saturated heterocycles. The highest BCUT2D eigenvalue weighted by molar-refractivity contribution is 7.89. The minimum absolute atomic E-state index is 0.0766. The molecule has 0 radical (unpaired) electrons. The van der Waals surface area contributed by atoms with E-state index >= 15 is 0 Å². The molecule has 0 saturated carbocycles. The van der Waals surface area contributed by atoms with Crippen molar-refractivity contribution in [2.24, 2.45) is 0 Å². The van der Waals surface area contributed by atoms with Crippen LogP contribution in [0.15, 0.2) is 23.1 Å². The van der Waals surface area contributed by atoms with Crippen molar-refractivity contribution in [3.05, 3.63) is 24.0 Å². The first-order valence-corrected chi connectivity index (χ1v) is 7.50. The highest BCUT2D eigenvalue weighted by atomic mass is 32.2. The molecule has 0 unspecified atom stereocenters. The number of benzene rings is 1. The van der Waals surface area contributed by atoms with Crippen molar-refractivity contribution in [3.63, 3.8) is 0 Å². The minimum atomic E-state index is -3.72. The lowest BCUT2D eigenvalue weighted by atomic mass is 10.3. The van der Waals surface area contributed by atoms with Gasteiger partial charge in [-0.15, -0.1) is 0 Å². The summed E-state index contributed by atoms with van der Waals surface area (Å²) in [6.45, 7) is 4.93. The molecule has 0 amide bonds. The Labute approximate surface area is 113 Å². The molecule has 1 aromatic carbocycles. The van der Waals surface area contributed by atoms with Gasteiger partial charge in [0, 0.05) is 19.7 Å². The maximum atomic E-state index is 13.0. The minimum Gasteiger partial charge on any atom is -0.398 e. The van der Waals surface area contributed by atoms with Crippen molar-refractivity contribution in [1.82, 2.24) is 4.31 Å². The van der Waals surface area contributed by atoms with Crippen LogP contribution in [0.4, 0.5) is 10.1 Å². The van der Waals surface area contributed by atoms with E-state index in [4.69, 9.17) is 10.5 Å². The second-order valence-electron chi connectivity index (χ2n) is 3.88. The molecule has 0 bridgehead atoms. The number of ether oxygens (including phenoxy) is 1. The molecule has 5 nitrogen and oxygen atoms in total. The summed E-state index contributed by atoms with van der Waals surface area (Å²) in [5.41, 5.74) is 5.49. The Morgan fingerprint density at radius 1 is 1.37 bits per heavy atom. The average molecular weight is 290 g/mol. The van der Waals surface area contributed by atoms with Gasteiger partial charge in [-0.2, -0.15) is 4.31 Å². The number of anilines is 1. The third kappa shape index (κ3) is 3.89. The highest BCUT2D eigenvalue weighted by Gasteiger charge is 2.25. The molecular weight excluding hydrogens is 271 g/mol. The Kier molecular flexibility index (Phi) is 5.71. The Bertz CT molecular complexity index is 520. The van der Waals surface area contributed by atoms with E-state index in [-0.39, 0.29) is 17.1 Å². The standard InChI is InChI=1S/C12H19FN2O3S/c1-3-15(7-8-18-4-2)19(16,17)12-6-5-10(13)9-11(12)14/h5-6,9H,3-4,7-8,14H2,1-2H3. The van der Waals surface area contributed by atoms with Gasteiger partial charge in [0.05, 0.1) is 12.3 Å². The second kappa shape index (κ2) is 6.83. The smallest absolute Gasteiger partial charge is 0.245 e. The number of halogens is 1. The summed E-state index contributed by atoms with van der Waals surface area (Å²) in [6.07, 6.45) is 0. The number of likely N-dealkylation sites (N-methyl/N-ethyl adjacent to an activating group) is 1. The molecule has 19 heavy (non-hydrogen) atoms. The third-order valence-corrected chi connectivity index (χ3v) is 4.68. The van der Waals surface area contributed by atoms with Crippen molar-refractivity contribution >= 4 is 15.7 Å². The zero-order chi connectivity index (χ0) is 14.5. The van der Waals surface area contributed by atoms with E-state index in [1.165, 1.54) is 10.4 Å². The zero-order valence-electron chi connectivity index (χ0n) is 11.1. The largest absolute Gasteiger partial charge is 0.398 e. The van der Waals surface area contributed by atoms with Crippen molar-refractivity contribution < 1.29 is 17.5 Å². The van der Waals surface area contributed by atoms with Crippen LogP contribution in [0.25, 0.3) is 0 Å². The van der Waals surface area contributed by atoms with Gasteiger partial charge in [0.25, 0.3) is 0 Å². The van der Waals surface area contributed by atoms with Crippen LogP contribution >= 0.6 is 0 Å². The Balaban J connectivity index is 2.99. The lowest BCUT2D eigenvalue weighted by molar-refractivity contribution is 0.135. The molecule has 0 aliphatic carbocycles. The normalized spacial score (nSPS) is 12.0. The average Bonchev–Trinajstić information content (AvgIpc) is 2.33. The monoisotopic (exact) mass is 290 g/mol. The van der Waals surface area contributed by atoms with E-state index in [9.17, 15) is 12.8 Å². The first-order valence-electron chi connectivity index (χ1n) is 6.06. The summed E-state index contributed by atoms with van der Waals surface area (Å²) < 4.78 is 44.1. The van der Waals surface area contributed by atoms with Crippen LogP contribution in [0.2, 0.25) is 0 Å². The first-order chi connectivity index (χ1) is 8.93. The maximum absolute atomic E-state index is 13.0. The van der Waals surface area contributed by atoms with E-state index < -0.39 is 15.8 Å². The molecule has 0 atom stereocenters. The molecular formula is C12H19FN2O3S. The van der Waals surface area contributed by atoms with Crippen LogP contribution in [0.3, 0.4) is 0 Å². The summed E-state index contributed by atoms with van der Waals surface area (Å²) >= 11 is 0. The van der Waals surface area contributed by atoms with Crippen molar-refractivity contribution in [3.8, 4) is 0 Å². The van der Waals surface area contributed by atoms with Gasteiger partial charge >= 0.3 is 0 Å². The number of nitrogens with two attached hydrogens (primary N) is 1. The van der Waals surface area contributed by atoms with Gasteiger partial charge in [0.2, 0.25) is 10.0 Å². The summed E-state index contributed by atoms with van der Waals surface area (Å²) in [5.74, 6) is -0.561. The van der Waals surface area contributed by atoms with Crippen LogP contribution in [0.5, 0.6) is 0 Å². The summed E-state index contributed by atoms with van der Waals surface area (Å²) in [4.78, 5) is -0.0766. The van der Waals surface area contributed by atoms with E-state index in [0.29, 0.717) is 19.8 Å². The fraction of sp³-hybridized carbons (Fsp3) is 0.500. The van der Waals surface area contributed by atoms with E-state index in [1.807, 2.05) is 6.92 Å². The molecule has 0 spiro atoms. The topological polar surface area (TPSA) is 72.6 Å². The number of hydrogen-bond acceptors (Lipinski definition) is 4. The fourth-order valence-electron chi connectivity index (χ4n) is 1.65. The Morgan fingerprint density at radius 2 is 2.05 bits per heavy atom. The van der Waals surface area contributed by atoms with Crippen LogP contribution < -0.4 is 5.73 Å². The Hall–Kier alpha value is -1.18. The summed E-state index contributed by atoms with van der Waals surface area (Å²) in [5, 5.41) is 0. The van der Waals surface area contributed by atoms with E-state index in [2.05, 4.69) is 0 Å². The molecule has 108 valence electrons. The molecule has 1 aromatic rings. The number of sulfonamides is 1.